The molecule has 3 N–H and O–H groups in total. The summed E-state index contributed by atoms with van der Waals surface area (Å²) in [5.41, 5.74) is 1.83. The lowest BCUT2D eigenvalue weighted by Crippen LogP contribution is -2.64. The maximum Gasteiger partial charge on any atom is 0.219 e. The molecule has 3 rings (SSSR count). The SMILES string of the molecule is OC[C@@]1(O)OC[C@@H](O)[C@@H](OCc2ccccc2)[C@@H]1OCc1ccccc1. The second-order valence-electron chi connectivity index (χ2n) is 6.36. The van der Waals surface area contributed by atoms with E-state index in [0.717, 1.165) is 11.1 Å². The predicted octanol–water partition coefficient (Wildman–Crippen LogP) is 1.23. The van der Waals surface area contributed by atoms with Crippen LogP contribution in [-0.2, 0) is 27.4 Å². The number of hydrogen-bond acceptors (Lipinski definition) is 6. The highest BCUT2D eigenvalue weighted by Crippen LogP contribution is 2.29. The number of ether oxygens (including phenoxy) is 3. The van der Waals surface area contributed by atoms with E-state index in [2.05, 4.69) is 0 Å². The summed E-state index contributed by atoms with van der Waals surface area (Å²) in [4.78, 5) is 0. The Morgan fingerprint density at radius 2 is 1.46 bits per heavy atom. The van der Waals surface area contributed by atoms with Crippen LogP contribution < -0.4 is 0 Å². The molecule has 1 fully saturated rings. The molecule has 1 aliphatic heterocycles. The highest BCUT2D eigenvalue weighted by Gasteiger charge is 2.51. The number of benzene rings is 2. The van der Waals surface area contributed by atoms with Gasteiger partial charge >= 0.3 is 0 Å². The van der Waals surface area contributed by atoms with Crippen LogP contribution in [0.15, 0.2) is 60.7 Å². The van der Waals surface area contributed by atoms with Gasteiger partial charge in [-0.3, -0.25) is 0 Å². The molecule has 2 aromatic rings. The number of rotatable bonds is 7. The van der Waals surface area contributed by atoms with Crippen molar-refractivity contribution < 1.29 is 29.5 Å². The van der Waals surface area contributed by atoms with E-state index in [0.29, 0.717) is 0 Å². The first kappa shape index (κ1) is 19.0. The molecule has 0 spiro atoms. The van der Waals surface area contributed by atoms with E-state index in [1.807, 2.05) is 60.7 Å². The van der Waals surface area contributed by atoms with Gasteiger partial charge in [0.05, 0.1) is 26.4 Å². The van der Waals surface area contributed by atoms with Crippen molar-refractivity contribution in [3.8, 4) is 0 Å². The normalized spacial score (nSPS) is 28.8. The minimum Gasteiger partial charge on any atom is -0.391 e. The molecule has 0 amide bonds. The van der Waals surface area contributed by atoms with Crippen LogP contribution in [0, 0.1) is 0 Å². The maximum atomic E-state index is 10.6. The second-order valence-corrected chi connectivity index (χ2v) is 6.36. The van der Waals surface area contributed by atoms with Gasteiger partial charge in [0.2, 0.25) is 5.79 Å². The van der Waals surface area contributed by atoms with Crippen LogP contribution in [0.2, 0.25) is 0 Å². The molecule has 1 heterocycles. The molecule has 0 aliphatic carbocycles. The van der Waals surface area contributed by atoms with Gasteiger partial charge in [0, 0.05) is 0 Å². The molecular weight excluding hydrogens is 336 g/mol. The summed E-state index contributed by atoms with van der Waals surface area (Å²) in [6.07, 6.45) is -2.86. The van der Waals surface area contributed by atoms with E-state index in [1.54, 1.807) is 0 Å². The van der Waals surface area contributed by atoms with Crippen LogP contribution in [-0.4, -0.2) is 52.6 Å². The first-order valence-electron chi connectivity index (χ1n) is 8.59. The van der Waals surface area contributed by atoms with Crippen LogP contribution in [0.1, 0.15) is 11.1 Å². The molecule has 6 heteroatoms. The highest BCUT2D eigenvalue weighted by atomic mass is 16.7. The average Bonchev–Trinajstić information content (AvgIpc) is 2.69. The molecular formula is C20H24O6. The van der Waals surface area contributed by atoms with E-state index < -0.39 is 30.7 Å². The van der Waals surface area contributed by atoms with Crippen LogP contribution in [0.25, 0.3) is 0 Å². The first-order chi connectivity index (χ1) is 12.6. The molecule has 140 valence electrons. The van der Waals surface area contributed by atoms with Crippen LogP contribution in [0.3, 0.4) is 0 Å². The fourth-order valence-corrected chi connectivity index (χ4v) is 2.95. The van der Waals surface area contributed by atoms with Gasteiger partial charge in [-0.05, 0) is 11.1 Å². The summed E-state index contributed by atoms with van der Waals surface area (Å²) in [5.74, 6) is -1.94. The predicted molar refractivity (Wildman–Crippen MR) is 94.0 cm³/mol. The largest absolute Gasteiger partial charge is 0.391 e. The molecule has 6 nitrogen and oxygen atoms in total. The monoisotopic (exact) mass is 360 g/mol. The van der Waals surface area contributed by atoms with Crippen molar-refractivity contribution in [3.63, 3.8) is 0 Å². The first-order valence-corrected chi connectivity index (χ1v) is 8.59. The Bertz CT molecular complexity index is 665. The number of aliphatic hydroxyl groups is 3. The van der Waals surface area contributed by atoms with E-state index in [9.17, 15) is 15.3 Å². The van der Waals surface area contributed by atoms with Gasteiger partial charge in [-0.1, -0.05) is 60.7 Å². The number of aliphatic hydroxyl groups excluding tert-OH is 2. The molecule has 1 aliphatic rings. The average molecular weight is 360 g/mol. The van der Waals surface area contributed by atoms with Crippen LogP contribution in [0.5, 0.6) is 0 Å². The zero-order valence-corrected chi connectivity index (χ0v) is 14.4. The minimum absolute atomic E-state index is 0.151. The van der Waals surface area contributed by atoms with Crippen molar-refractivity contribution in [1.82, 2.24) is 0 Å². The van der Waals surface area contributed by atoms with Crippen molar-refractivity contribution >= 4 is 0 Å². The van der Waals surface area contributed by atoms with Crippen molar-refractivity contribution in [2.45, 2.75) is 37.3 Å². The molecule has 0 saturated carbocycles. The Hall–Kier alpha value is -1.80. The van der Waals surface area contributed by atoms with Gasteiger partial charge in [-0.15, -0.1) is 0 Å². The summed E-state index contributed by atoms with van der Waals surface area (Å²) in [6.45, 7) is -0.379. The summed E-state index contributed by atoms with van der Waals surface area (Å²) in [7, 11) is 0. The third kappa shape index (κ3) is 4.48. The van der Waals surface area contributed by atoms with Gasteiger partial charge in [0.15, 0.2) is 0 Å². The smallest absolute Gasteiger partial charge is 0.219 e. The van der Waals surface area contributed by atoms with Crippen LogP contribution >= 0.6 is 0 Å². The highest BCUT2D eigenvalue weighted by molar-refractivity contribution is 5.14. The molecule has 2 aromatic carbocycles. The Morgan fingerprint density at radius 1 is 0.923 bits per heavy atom. The summed E-state index contributed by atoms with van der Waals surface area (Å²) in [5, 5.41) is 30.5. The third-order valence-electron chi connectivity index (χ3n) is 4.41. The van der Waals surface area contributed by atoms with E-state index in [-0.39, 0.29) is 19.8 Å². The summed E-state index contributed by atoms with van der Waals surface area (Å²) in [6, 6.07) is 18.9. The molecule has 26 heavy (non-hydrogen) atoms. The van der Waals surface area contributed by atoms with Gasteiger partial charge in [0.1, 0.15) is 18.3 Å². The fraction of sp³-hybridized carbons (Fsp3) is 0.400. The zero-order chi connectivity index (χ0) is 18.4. The topological polar surface area (TPSA) is 88.4 Å². The molecule has 0 radical (unpaired) electrons. The van der Waals surface area contributed by atoms with Crippen molar-refractivity contribution in [2.75, 3.05) is 13.2 Å². The molecule has 0 bridgehead atoms. The van der Waals surface area contributed by atoms with Gasteiger partial charge in [-0.2, -0.15) is 0 Å². The van der Waals surface area contributed by atoms with Crippen molar-refractivity contribution in [3.05, 3.63) is 71.8 Å². The Morgan fingerprint density at radius 3 is 2.00 bits per heavy atom. The Labute approximate surface area is 152 Å². The Kier molecular flexibility index (Phi) is 6.37. The molecule has 4 atom stereocenters. The molecule has 0 aromatic heterocycles. The van der Waals surface area contributed by atoms with Crippen LogP contribution in [0.4, 0.5) is 0 Å². The fourth-order valence-electron chi connectivity index (χ4n) is 2.95. The van der Waals surface area contributed by atoms with E-state index in [1.165, 1.54) is 0 Å². The third-order valence-corrected chi connectivity index (χ3v) is 4.41. The molecule has 1 saturated heterocycles. The van der Waals surface area contributed by atoms with E-state index >= 15 is 0 Å². The quantitative estimate of drug-likeness (QED) is 0.688. The van der Waals surface area contributed by atoms with E-state index in [4.69, 9.17) is 14.2 Å². The molecule has 0 unspecified atom stereocenters. The second kappa shape index (κ2) is 8.73. The van der Waals surface area contributed by atoms with Gasteiger partial charge in [-0.25, -0.2) is 0 Å². The van der Waals surface area contributed by atoms with Gasteiger partial charge < -0.3 is 29.5 Å². The lowest BCUT2D eigenvalue weighted by molar-refractivity contribution is -0.348. The number of hydrogen-bond donors (Lipinski definition) is 3. The maximum absolute atomic E-state index is 10.6. The minimum atomic E-state index is -1.94. The summed E-state index contributed by atoms with van der Waals surface area (Å²) >= 11 is 0. The zero-order valence-electron chi connectivity index (χ0n) is 14.4. The standard InChI is InChI=1S/C20H24O6/c21-14-20(23)19(25-12-16-9-5-2-6-10-16)18(17(22)13-26-20)24-11-15-7-3-1-4-8-15/h1-10,17-19,21-23H,11-14H2/t17-,18-,19+,20-/m1/s1. The summed E-state index contributed by atoms with van der Waals surface area (Å²) < 4.78 is 16.9. The Balaban J connectivity index is 1.73. The van der Waals surface area contributed by atoms with Crippen molar-refractivity contribution in [1.29, 1.82) is 0 Å². The van der Waals surface area contributed by atoms with Gasteiger partial charge in [0.25, 0.3) is 0 Å². The lowest BCUT2D eigenvalue weighted by atomic mass is 9.96. The lowest BCUT2D eigenvalue weighted by Gasteiger charge is -2.44. The van der Waals surface area contributed by atoms with Crippen molar-refractivity contribution in [2.24, 2.45) is 0 Å².